The standard InChI is InChI=1S/C7H17N3O/c1-6(4-5-11-3)10-7(8)9-2/h6H,4-5H2,1-3H3,(H3,8,9,10). The number of methoxy groups -OCH3 is 1. The molecule has 0 aromatic carbocycles. The highest BCUT2D eigenvalue weighted by Crippen LogP contribution is 1.89. The molecule has 0 aliphatic heterocycles. The van der Waals surface area contributed by atoms with Crippen molar-refractivity contribution in [3.8, 4) is 0 Å². The van der Waals surface area contributed by atoms with E-state index in [1.165, 1.54) is 0 Å². The Bertz CT molecular complexity index is 125. The molecule has 0 heterocycles. The van der Waals surface area contributed by atoms with Gasteiger partial charge in [0.15, 0.2) is 5.96 Å². The maximum atomic E-state index is 5.44. The molecule has 0 aromatic heterocycles. The predicted molar refractivity (Wildman–Crippen MR) is 46.6 cm³/mol. The summed E-state index contributed by atoms with van der Waals surface area (Å²) in [5.74, 6) is 0.480. The Labute approximate surface area is 67.8 Å². The van der Waals surface area contributed by atoms with Crippen LogP contribution in [-0.4, -0.2) is 32.8 Å². The predicted octanol–water partition coefficient (Wildman–Crippen LogP) is -0.0545. The van der Waals surface area contributed by atoms with Gasteiger partial charge in [0.2, 0.25) is 0 Å². The first-order valence-electron chi connectivity index (χ1n) is 3.68. The minimum atomic E-state index is 0.318. The summed E-state index contributed by atoms with van der Waals surface area (Å²) in [5, 5.41) is 3.01. The molecule has 0 saturated heterocycles. The second-order valence-corrected chi connectivity index (χ2v) is 2.44. The minimum Gasteiger partial charge on any atom is -0.385 e. The Morgan fingerprint density at radius 2 is 2.36 bits per heavy atom. The van der Waals surface area contributed by atoms with Gasteiger partial charge in [-0.1, -0.05) is 0 Å². The Balaban J connectivity index is 3.43. The number of nitrogens with one attached hydrogen (secondary N) is 1. The average Bonchev–Trinajstić information content (AvgIpc) is 2.00. The van der Waals surface area contributed by atoms with Gasteiger partial charge in [-0.15, -0.1) is 0 Å². The molecular formula is C7H17N3O. The summed E-state index contributed by atoms with van der Waals surface area (Å²) >= 11 is 0. The fourth-order valence-corrected chi connectivity index (χ4v) is 0.684. The van der Waals surface area contributed by atoms with E-state index >= 15 is 0 Å². The SMILES string of the molecule is CN=C(N)NC(C)CCOC. The third-order valence-electron chi connectivity index (χ3n) is 1.39. The summed E-state index contributed by atoms with van der Waals surface area (Å²) in [7, 11) is 3.34. The Morgan fingerprint density at radius 3 is 2.82 bits per heavy atom. The molecule has 11 heavy (non-hydrogen) atoms. The summed E-state index contributed by atoms with van der Waals surface area (Å²) in [5.41, 5.74) is 5.44. The van der Waals surface area contributed by atoms with Crippen LogP contribution in [0.2, 0.25) is 0 Å². The van der Waals surface area contributed by atoms with Crippen molar-refractivity contribution in [1.82, 2.24) is 5.32 Å². The van der Waals surface area contributed by atoms with Crippen molar-refractivity contribution in [3.63, 3.8) is 0 Å². The lowest BCUT2D eigenvalue weighted by atomic mass is 10.2. The van der Waals surface area contributed by atoms with Crippen LogP contribution in [0, 0.1) is 0 Å². The molecule has 4 heteroatoms. The lowest BCUT2D eigenvalue weighted by Gasteiger charge is -2.12. The molecule has 4 nitrogen and oxygen atoms in total. The van der Waals surface area contributed by atoms with Gasteiger partial charge in [0.25, 0.3) is 0 Å². The molecule has 0 aromatic rings. The zero-order valence-electron chi connectivity index (χ0n) is 7.42. The third-order valence-corrected chi connectivity index (χ3v) is 1.39. The van der Waals surface area contributed by atoms with Crippen molar-refractivity contribution in [2.24, 2.45) is 10.7 Å². The zero-order chi connectivity index (χ0) is 8.69. The quantitative estimate of drug-likeness (QED) is 0.446. The van der Waals surface area contributed by atoms with E-state index in [9.17, 15) is 0 Å². The summed E-state index contributed by atoms with van der Waals surface area (Å²) < 4.78 is 4.91. The number of rotatable bonds is 4. The molecule has 1 unspecified atom stereocenters. The van der Waals surface area contributed by atoms with Crippen molar-refractivity contribution in [2.45, 2.75) is 19.4 Å². The van der Waals surface area contributed by atoms with Gasteiger partial charge >= 0.3 is 0 Å². The van der Waals surface area contributed by atoms with Crippen molar-refractivity contribution < 1.29 is 4.74 Å². The van der Waals surface area contributed by atoms with Crippen LogP contribution < -0.4 is 11.1 Å². The maximum Gasteiger partial charge on any atom is 0.188 e. The molecular weight excluding hydrogens is 142 g/mol. The lowest BCUT2D eigenvalue weighted by Crippen LogP contribution is -2.38. The monoisotopic (exact) mass is 159 g/mol. The van der Waals surface area contributed by atoms with E-state index in [1.807, 2.05) is 6.92 Å². The van der Waals surface area contributed by atoms with Crippen LogP contribution in [0.15, 0.2) is 4.99 Å². The summed E-state index contributed by atoms with van der Waals surface area (Å²) in [6.45, 7) is 2.78. The minimum absolute atomic E-state index is 0.318. The average molecular weight is 159 g/mol. The maximum absolute atomic E-state index is 5.44. The van der Waals surface area contributed by atoms with Gasteiger partial charge in [0.05, 0.1) is 0 Å². The molecule has 0 amide bonds. The molecule has 0 bridgehead atoms. The first-order valence-corrected chi connectivity index (χ1v) is 3.68. The smallest absolute Gasteiger partial charge is 0.188 e. The van der Waals surface area contributed by atoms with Crippen LogP contribution in [-0.2, 0) is 4.74 Å². The molecule has 1 atom stereocenters. The third kappa shape index (κ3) is 5.66. The van der Waals surface area contributed by atoms with Gasteiger partial charge in [-0.25, -0.2) is 0 Å². The van der Waals surface area contributed by atoms with Crippen LogP contribution in [0.4, 0.5) is 0 Å². The first kappa shape index (κ1) is 10.2. The van der Waals surface area contributed by atoms with Gasteiger partial charge in [-0.3, -0.25) is 4.99 Å². The highest BCUT2D eigenvalue weighted by Gasteiger charge is 2.00. The van der Waals surface area contributed by atoms with Gasteiger partial charge in [0.1, 0.15) is 0 Å². The molecule has 0 fully saturated rings. The molecule has 0 aliphatic carbocycles. The molecule has 0 saturated carbocycles. The lowest BCUT2D eigenvalue weighted by molar-refractivity contribution is 0.187. The number of nitrogens with zero attached hydrogens (tertiary/aromatic N) is 1. The zero-order valence-corrected chi connectivity index (χ0v) is 7.42. The Hall–Kier alpha value is -0.770. The van der Waals surface area contributed by atoms with E-state index in [4.69, 9.17) is 10.5 Å². The molecule has 3 N–H and O–H groups in total. The van der Waals surface area contributed by atoms with Crippen LogP contribution in [0.25, 0.3) is 0 Å². The van der Waals surface area contributed by atoms with Crippen molar-refractivity contribution in [2.75, 3.05) is 20.8 Å². The van der Waals surface area contributed by atoms with Crippen LogP contribution in [0.5, 0.6) is 0 Å². The second-order valence-electron chi connectivity index (χ2n) is 2.44. The van der Waals surface area contributed by atoms with Gasteiger partial charge < -0.3 is 15.8 Å². The number of guanidine groups is 1. The Kier molecular flexibility index (Phi) is 5.56. The fraction of sp³-hybridized carbons (Fsp3) is 0.857. The number of aliphatic imine (C=N–C) groups is 1. The number of ether oxygens (including phenoxy) is 1. The highest BCUT2D eigenvalue weighted by atomic mass is 16.5. The first-order chi connectivity index (χ1) is 5.20. The van der Waals surface area contributed by atoms with E-state index in [1.54, 1.807) is 14.2 Å². The summed E-state index contributed by atoms with van der Waals surface area (Å²) in [6, 6.07) is 0.318. The van der Waals surface area contributed by atoms with E-state index in [-0.39, 0.29) is 0 Å². The fourth-order valence-electron chi connectivity index (χ4n) is 0.684. The molecule has 0 rings (SSSR count). The molecule has 0 aliphatic rings. The highest BCUT2D eigenvalue weighted by molar-refractivity contribution is 5.77. The van der Waals surface area contributed by atoms with Crippen molar-refractivity contribution >= 4 is 5.96 Å². The number of hydrogen-bond donors (Lipinski definition) is 2. The molecule has 0 radical (unpaired) electrons. The van der Waals surface area contributed by atoms with Crippen molar-refractivity contribution in [1.29, 1.82) is 0 Å². The van der Waals surface area contributed by atoms with Crippen LogP contribution >= 0.6 is 0 Å². The van der Waals surface area contributed by atoms with E-state index in [2.05, 4.69) is 10.3 Å². The molecule has 66 valence electrons. The number of hydrogen-bond acceptors (Lipinski definition) is 2. The van der Waals surface area contributed by atoms with Crippen molar-refractivity contribution in [3.05, 3.63) is 0 Å². The normalized spacial score (nSPS) is 14.6. The largest absolute Gasteiger partial charge is 0.385 e. The topological polar surface area (TPSA) is 59.6 Å². The van der Waals surface area contributed by atoms with Gasteiger partial charge in [0, 0.05) is 26.8 Å². The van der Waals surface area contributed by atoms with E-state index < -0.39 is 0 Å². The summed E-state index contributed by atoms with van der Waals surface area (Å²) in [6.07, 6.45) is 0.937. The second kappa shape index (κ2) is 5.97. The van der Waals surface area contributed by atoms with Gasteiger partial charge in [-0.2, -0.15) is 0 Å². The Morgan fingerprint density at radius 1 is 1.73 bits per heavy atom. The summed E-state index contributed by atoms with van der Waals surface area (Å²) in [4.78, 5) is 3.78. The number of nitrogens with two attached hydrogens (primary N) is 1. The van der Waals surface area contributed by atoms with E-state index in [0.717, 1.165) is 13.0 Å². The van der Waals surface area contributed by atoms with Gasteiger partial charge in [-0.05, 0) is 13.3 Å². The van der Waals surface area contributed by atoms with Crippen LogP contribution in [0.3, 0.4) is 0 Å². The van der Waals surface area contributed by atoms with E-state index in [0.29, 0.717) is 12.0 Å². The molecule has 0 spiro atoms. The van der Waals surface area contributed by atoms with Crippen LogP contribution in [0.1, 0.15) is 13.3 Å².